The monoisotopic (exact) mass is 394 g/mol. The maximum atomic E-state index is 12.6. The van der Waals surface area contributed by atoms with Crippen LogP contribution in [0.25, 0.3) is 0 Å². The average Bonchev–Trinajstić information content (AvgIpc) is 3.16. The molecule has 0 radical (unpaired) electrons. The van der Waals surface area contributed by atoms with Gasteiger partial charge in [-0.05, 0) is 17.5 Å². The molecule has 0 aliphatic carbocycles. The zero-order valence-electron chi connectivity index (χ0n) is 15.6. The van der Waals surface area contributed by atoms with E-state index in [1.807, 2.05) is 36.4 Å². The van der Waals surface area contributed by atoms with Gasteiger partial charge in [0.2, 0.25) is 0 Å². The van der Waals surface area contributed by atoms with E-state index in [-0.39, 0.29) is 16.6 Å². The molecule has 144 valence electrons. The Balaban J connectivity index is 1.40. The SMILES string of the molecule is O=c1c(Cl)c(NC2CCN(Cc3ccccc3)C2)cnn1Cc1ccccc1. The van der Waals surface area contributed by atoms with Crippen molar-refractivity contribution in [1.82, 2.24) is 14.7 Å². The van der Waals surface area contributed by atoms with Gasteiger partial charge < -0.3 is 5.32 Å². The van der Waals surface area contributed by atoms with E-state index in [4.69, 9.17) is 11.6 Å². The summed E-state index contributed by atoms with van der Waals surface area (Å²) in [4.78, 5) is 15.0. The molecule has 1 aliphatic rings. The van der Waals surface area contributed by atoms with Gasteiger partial charge in [-0.3, -0.25) is 9.69 Å². The van der Waals surface area contributed by atoms with E-state index in [0.29, 0.717) is 12.2 Å². The van der Waals surface area contributed by atoms with E-state index in [0.717, 1.165) is 31.6 Å². The first kappa shape index (κ1) is 18.7. The Morgan fingerprint density at radius 3 is 2.32 bits per heavy atom. The van der Waals surface area contributed by atoms with E-state index < -0.39 is 0 Å². The summed E-state index contributed by atoms with van der Waals surface area (Å²) >= 11 is 6.36. The van der Waals surface area contributed by atoms with Crippen LogP contribution in [0.4, 0.5) is 5.69 Å². The molecular formula is C22H23ClN4O. The molecule has 0 bridgehead atoms. The number of likely N-dealkylation sites (tertiary alicyclic amines) is 1. The molecule has 4 rings (SSSR count). The molecule has 5 nitrogen and oxygen atoms in total. The second-order valence-corrected chi connectivity index (χ2v) is 7.55. The number of anilines is 1. The number of rotatable bonds is 6. The number of hydrogen-bond acceptors (Lipinski definition) is 4. The van der Waals surface area contributed by atoms with Gasteiger partial charge in [0, 0.05) is 25.7 Å². The number of hydrogen-bond donors (Lipinski definition) is 1. The molecule has 1 aromatic heterocycles. The smallest absolute Gasteiger partial charge is 0.287 e. The number of aromatic nitrogens is 2. The molecule has 2 heterocycles. The van der Waals surface area contributed by atoms with Crippen LogP contribution < -0.4 is 10.9 Å². The minimum Gasteiger partial charge on any atom is -0.378 e. The molecule has 0 saturated carbocycles. The van der Waals surface area contributed by atoms with Gasteiger partial charge >= 0.3 is 0 Å². The number of benzene rings is 2. The third-order valence-electron chi connectivity index (χ3n) is 5.04. The zero-order valence-corrected chi connectivity index (χ0v) is 16.3. The molecular weight excluding hydrogens is 372 g/mol. The molecule has 1 saturated heterocycles. The first-order valence-electron chi connectivity index (χ1n) is 9.51. The Morgan fingerprint density at radius 1 is 1.00 bits per heavy atom. The van der Waals surface area contributed by atoms with Crippen molar-refractivity contribution in [1.29, 1.82) is 0 Å². The van der Waals surface area contributed by atoms with E-state index >= 15 is 0 Å². The Labute approximate surface area is 169 Å². The summed E-state index contributed by atoms with van der Waals surface area (Å²) in [5.74, 6) is 0. The topological polar surface area (TPSA) is 50.2 Å². The Hall–Kier alpha value is -2.63. The fourth-order valence-corrected chi connectivity index (χ4v) is 3.79. The summed E-state index contributed by atoms with van der Waals surface area (Å²) in [7, 11) is 0. The zero-order chi connectivity index (χ0) is 19.3. The molecule has 6 heteroatoms. The third kappa shape index (κ3) is 4.43. The molecule has 1 fully saturated rings. The van der Waals surface area contributed by atoms with Crippen molar-refractivity contribution in [2.24, 2.45) is 0 Å². The molecule has 0 amide bonds. The summed E-state index contributed by atoms with van der Waals surface area (Å²) in [5.41, 5.74) is 2.67. The highest BCUT2D eigenvalue weighted by Crippen LogP contribution is 2.21. The number of nitrogens with zero attached hydrogens (tertiary/aromatic N) is 3. The molecule has 1 unspecified atom stereocenters. The highest BCUT2D eigenvalue weighted by Gasteiger charge is 2.23. The quantitative estimate of drug-likeness (QED) is 0.693. The van der Waals surface area contributed by atoms with Crippen LogP contribution in [-0.2, 0) is 13.1 Å². The lowest BCUT2D eigenvalue weighted by Crippen LogP contribution is -2.29. The van der Waals surface area contributed by atoms with Gasteiger partial charge in [0.25, 0.3) is 5.56 Å². The van der Waals surface area contributed by atoms with Crippen LogP contribution in [0.2, 0.25) is 5.02 Å². The molecule has 1 N–H and O–H groups in total. The van der Waals surface area contributed by atoms with Crippen molar-refractivity contribution in [3.8, 4) is 0 Å². The highest BCUT2D eigenvalue weighted by molar-refractivity contribution is 6.32. The molecule has 1 atom stereocenters. The second kappa shape index (κ2) is 8.59. The summed E-state index contributed by atoms with van der Waals surface area (Å²) in [6.07, 6.45) is 2.67. The minimum atomic E-state index is -0.269. The molecule has 1 aliphatic heterocycles. The molecule has 0 spiro atoms. The van der Waals surface area contributed by atoms with Gasteiger partial charge in [0.05, 0.1) is 18.4 Å². The van der Waals surface area contributed by atoms with Crippen molar-refractivity contribution in [2.75, 3.05) is 18.4 Å². The number of halogens is 1. The number of nitrogens with one attached hydrogen (secondary N) is 1. The van der Waals surface area contributed by atoms with Crippen LogP contribution in [0.15, 0.2) is 71.7 Å². The lowest BCUT2D eigenvalue weighted by atomic mass is 10.2. The lowest BCUT2D eigenvalue weighted by Gasteiger charge is -2.18. The van der Waals surface area contributed by atoms with E-state index in [9.17, 15) is 4.79 Å². The summed E-state index contributed by atoms with van der Waals surface area (Å²) in [6, 6.07) is 20.5. The normalized spacial score (nSPS) is 17.0. The average molecular weight is 395 g/mol. The Kier molecular flexibility index (Phi) is 5.74. The molecule has 2 aromatic carbocycles. The summed E-state index contributed by atoms with van der Waals surface area (Å²) < 4.78 is 1.40. The predicted octanol–water partition coefficient (Wildman–Crippen LogP) is 3.63. The fraction of sp³-hybridized carbons (Fsp3) is 0.273. The van der Waals surface area contributed by atoms with Crippen molar-refractivity contribution in [3.63, 3.8) is 0 Å². The first-order valence-corrected chi connectivity index (χ1v) is 9.89. The minimum absolute atomic E-state index is 0.201. The maximum Gasteiger partial charge on any atom is 0.287 e. The third-order valence-corrected chi connectivity index (χ3v) is 5.41. The van der Waals surface area contributed by atoms with Gasteiger partial charge in [-0.1, -0.05) is 72.3 Å². The van der Waals surface area contributed by atoms with Crippen molar-refractivity contribution in [2.45, 2.75) is 25.6 Å². The predicted molar refractivity (Wildman–Crippen MR) is 113 cm³/mol. The van der Waals surface area contributed by atoms with Crippen molar-refractivity contribution in [3.05, 3.63) is 93.4 Å². The van der Waals surface area contributed by atoms with Gasteiger partial charge in [-0.15, -0.1) is 0 Å². The Morgan fingerprint density at radius 2 is 1.64 bits per heavy atom. The van der Waals surface area contributed by atoms with E-state index in [1.54, 1.807) is 6.20 Å². The van der Waals surface area contributed by atoms with Crippen LogP contribution in [0.3, 0.4) is 0 Å². The summed E-state index contributed by atoms with van der Waals surface area (Å²) in [5, 5.41) is 7.92. The molecule has 28 heavy (non-hydrogen) atoms. The van der Waals surface area contributed by atoms with Crippen molar-refractivity contribution >= 4 is 17.3 Å². The van der Waals surface area contributed by atoms with Crippen LogP contribution >= 0.6 is 11.6 Å². The summed E-state index contributed by atoms with van der Waals surface area (Å²) in [6.45, 7) is 3.28. The van der Waals surface area contributed by atoms with Gasteiger partial charge in [-0.2, -0.15) is 5.10 Å². The molecule has 3 aromatic rings. The standard InChI is InChI=1S/C22H23ClN4O/c23-21-20(13-24-27(22(21)28)15-18-9-5-2-6-10-18)25-19-11-12-26(16-19)14-17-7-3-1-4-8-17/h1-10,13,19,25H,11-12,14-16H2. The first-order chi connectivity index (χ1) is 13.7. The van der Waals surface area contributed by atoms with E-state index in [2.05, 4.69) is 39.6 Å². The maximum absolute atomic E-state index is 12.6. The van der Waals surface area contributed by atoms with Gasteiger partial charge in [0.1, 0.15) is 5.02 Å². The van der Waals surface area contributed by atoms with Gasteiger partial charge in [0.15, 0.2) is 0 Å². The lowest BCUT2D eigenvalue weighted by molar-refractivity contribution is 0.328. The van der Waals surface area contributed by atoms with Crippen LogP contribution in [0.5, 0.6) is 0 Å². The Bertz CT molecular complexity index is 975. The fourth-order valence-electron chi connectivity index (χ4n) is 3.59. The van der Waals surface area contributed by atoms with Crippen LogP contribution in [0, 0.1) is 0 Å². The van der Waals surface area contributed by atoms with E-state index in [1.165, 1.54) is 10.2 Å². The second-order valence-electron chi connectivity index (χ2n) is 7.17. The largest absolute Gasteiger partial charge is 0.378 e. The highest BCUT2D eigenvalue weighted by atomic mass is 35.5. The van der Waals surface area contributed by atoms with Gasteiger partial charge in [-0.25, -0.2) is 4.68 Å². The van der Waals surface area contributed by atoms with Crippen molar-refractivity contribution < 1.29 is 0 Å². The van der Waals surface area contributed by atoms with Crippen LogP contribution in [0.1, 0.15) is 17.5 Å². The van der Waals surface area contributed by atoms with Crippen LogP contribution in [-0.4, -0.2) is 33.8 Å².